The first-order chi connectivity index (χ1) is 7.04. The molecule has 15 heavy (non-hydrogen) atoms. The maximum atomic E-state index is 11.2. The average Bonchev–Trinajstić information content (AvgIpc) is 2.22. The maximum absolute atomic E-state index is 11.2. The van der Waals surface area contributed by atoms with E-state index in [4.69, 9.17) is 5.84 Å². The molecule has 4 N–H and O–H groups in total. The number of hydrogen-bond acceptors (Lipinski definition) is 3. The number of rotatable bonds is 1. The minimum atomic E-state index is -0.880. The first-order valence-electron chi connectivity index (χ1n) is 4.12. The van der Waals surface area contributed by atoms with E-state index < -0.39 is 11.8 Å². The quantitative estimate of drug-likeness (QED) is 0.304. The summed E-state index contributed by atoms with van der Waals surface area (Å²) in [5, 5.41) is 2.44. The van der Waals surface area contributed by atoms with Gasteiger partial charge in [0, 0.05) is 10.2 Å². The predicted molar refractivity (Wildman–Crippen MR) is 59.8 cm³/mol. The van der Waals surface area contributed by atoms with Gasteiger partial charge in [0.2, 0.25) is 0 Å². The lowest BCUT2D eigenvalue weighted by Crippen LogP contribution is -2.39. The van der Waals surface area contributed by atoms with Crippen LogP contribution in [0.4, 0.5) is 5.69 Å². The van der Waals surface area contributed by atoms with Gasteiger partial charge in [-0.3, -0.25) is 15.0 Å². The van der Waals surface area contributed by atoms with E-state index in [9.17, 15) is 9.59 Å². The van der Waals surface area contributed by atoms with Gasteiger partial charge in [-0.1, -0.05) is 22.0 Å². The molecular weight excluding hydrogens is 262 g/mol. The Kier molecular flexibility index (Phi) is 3.81. The van der Waals surface area contributed by atoms with Gasteiger partial charge < -0.3 is 5.32 Å². The van der Waals surface area contributed by atoms with E-state index in [1.807, 2.05) is 19.1 Å². The fourth-order valence-corrected chi connectivity index (χ4v) is 1.33. The molecule has 0 saturated carbocycles. The molecule has 0 saturated heterocycles. The molecule has 0 atom stereocenters. The van der Waals surface area contributed by atoms with Crippen LogP contribution in [-0.4, -0.2) is 11.8 Å². The topological polar surface area (TPSA) is 84.2 Å². The summed E-state index contributed by atoms with van der Waals surface area (Å²) in [5.74, 6) is 3.15. The van der Waals surface area contributed by atoms with Crippen molar-refractivity contribution in [3.05, 3.63) is 28.2 Å². The number of halogens is 1. The van der Waals surface area contributed by atoms with Crippen LogP contribution in [0.3, 0.4) is 0 Å². The largest absolute Gasteiger partial charge is 0.323 e. The second-order valence-corrected chi connectivity index (χ2v) is 3.80. The predicted octanol–water partition coefficient (Wildman–Crippen LogP) is 0.686. The molecule has 0 heterocycles. The first-order valence-corrected chi connectivity index (χ1v) is 4.92. The Morgan fingerprint density at radius 3 is 2.60 bits per heavy atom. The Bertz CT molecular complexity index is 406. The lowest BCUT2D eigenvalue weighted by atomic mass is 10.2. The summed E-state index contributed by atoms with van der Waals surface area (Å²) in [4.78, 5) is 22.0. The number of nitrogens with two attached hydrogens (primary N) is 1. The zero-order valence-corrected chi connectivity index (χ0v) is 9.59. The summed E-state index contributed by atoms with van der Waals surface area (Å²) in [7, 11) is 0. The molecule has 1 aromatic rings. The minimum Gasteiger partial charge on any atom is -0.317 e. The van der Waals surface area contributed by atoms with E-state index in [0.717, 1.165) is 10.0 Å². The summed E-state index contributed by atoms with van der Waals surface area (Å²) >= 11 is 3.26. The molecule has 0 aromatic heterocycles. The van der Waals surface area contributed by atoms with Crippen LogP contribution < -0.4 is 16.6 Å². The molecule has 0 aliphatic carbocycles. The number of carbonyl (C=O) groups is 2. The number of hydrogen-bond donors (Lipinski definition) is 3. The summed E-state index contributed by atoms with van der Waals surface area (Å²) in [6.45, 7) is 1.82. The SMILES string of the molecule is Cc1ccc(Br)cc1NC(=O)C(=O)NN. The summed E-state index contributed by atoms with van der Waals surface area (Å²) in [6.07, 6.45) is 0. The molecule has 6 heteroatoms. The van der Waals surface area contributed by atoms with Crippen molar-refractivity contribution in [2.24, 2.45) is 5.84 Å². The van der Waals surface area contributed by atoms with E-state index in [2.05, 4.69) is 21.2 Å². The Morgan fingerprint density at radius 1 is 1.33 bits per heavy atom. The van der Waals surface area contributed by atoms with Gasteiger partial charge in [0.1, 0.15) is 0 Å². The zero-order valence-electron chi connectivity index (χ0n) is 8.00. The van der Waals surface area contributed by atoms with Crippen molar-refractivity contribution in [3.8, 4) is 0 Å². The molecule has 5 nitrogen and oxygen atoms in total. The van der Waals surface area contributed by atoms with Gasteiger partial charge in [-0.05, 0) is 24.6 Å². The van der Waals surface area contributed by atoms with Gasteiger partial charge in [0.15, 0.2) is 0 Å². The highest BCUT2D eigenvalue weighted by atomic mass is 79.9. The van der Waals surface area contributed by atoms with Gasteiger partial charge in [0.25, 0.3) is 0 Å². The lowest BCUT2D eigenvalue weighted by Gasteiger charge is -2.07. The van der Waals surface area contributed by atoms with Crippen LogP contribution in [-0.2, 0) is 9.59 Å². The van der Waals surface area contributed by atoms with Crippen LogP contribution in [0.5, 0.6) is 0 Å². The van der Waals surface area contributed by atoms with Gasteiger partial charge in [-0.2, -0.15) is 0 Å². The molecule has 0 fully saturated rings. The van der Waals surface area contributed by atoms with Crippen molar-refractivity contribution in [2.45, 2.75) is 6.92 Å². The summed E-state index contributed by atoms with van der Waals surface area (Å²) in [5.41, 5.74) is 3.18. The van der Waals surface area contributed by atoms with E-state index in [1.54, 1.807) is 11.5 Å². The number of aryl methyl sites for hydroxylation is 1. The van der Waals surface area contributed by atoms with Crippen molar-refractivity contribution in [2.75, 3.05) is 5.32 Å². The molecular formula is C9H10BrN3O2. The van der Waals surface area contributed by atoms with Crippen LogP contribution in [0.2, 0.25) is 0 Å². The number of amides is 2. The molecule has 2 amide bonds. The molecule has 0 aliphatic rings. The number of hydrazine groups is 1. The first kappa shape index (κ1) is 11.7. The van der Waals surface area contributed by atoms with Crippen LogP contribution in [0.1, 0.15) is 5.56 Å². The van der Waals surface area contributed by atoms with Crippen molar-refractivity contribution in [1.29, 1.82) is 0 Å². The molecule has 0 aliphatic heterocycles. The number of anilines is 1. The highest BCUT2D eigenvalue weighted by Crippen LogP contribution is 2.20. The van der Waals surface area contributed by atoms with Gasteiger partial charge in [-0.25, -0.2) is 5.84 Å². The van der Waals surface area contributed by atoms with Crippen LogP contribution in [0, 0.1) is 6.92 Å². The normalized spacial score (nSPS) is 9.53. The van der Waals surface area contributed by atoms with Crippen molar-refractivity contribution < 1.29 is 9.59 Å². The summed E-state index contributed by atoms with van der Waals surface area (Å²) in [6, 6.07) is 5.37. The van der Waals surface area contributed by atoms with Gasteiger partial charge in [-0.15, -0.1) is 0 Å². The Balaban J connectivity index is 2.85. The molecule has 0 spiro atoms. The van der Waals surface area contributed by atoms with Crippen LogP contribution >= 0.6 is 15.9 Å². The van der Waals surface area contributed by atoms with E-state index in [0.29, 0.717) is 5.69 Å². The minimum absolute atomic E-state index is 0.568. The highest BCUT2D eigenvalue weighted by Gasteiger charge is 2.12. The molecule has 80 valence electrons. The van der Waals surface area contributed by atoms with E-state index in [1.165, 1.54) is 0 Å². The average molecular weight is 272 g/mol. The third kappa shape index (κ3) is 3.03. The van der Waals surface area contributed by atoms with Crippen molar-refractivity contribution >= 4 is 33.4 Å². The van der Waals surface area contributed by atoms with Crippen molar-refractivity contribution in [1.82, 2.24) is 5.43 Å². The number of carbonyl (C=O) groups excluding carboxylic acids is 2. The Morgan fingerprint density at radius 2 is 2.00 bits per heavy atom. The van der Waals surface area contributed by atoms with Crippen LogP contribution in [0.25, 0.3) is 0 Å². The number of nitrogens with one attached hydrogen (secondary N) is 2. The van der Waals surface area contributed by atoms with Crippen molar-refractivity contribution in [3.63, 3.8) is 0 Å². The Hall–Kier alpha value is -1.40. The third-order valence-corrected chi connectivity index (χ3v) is 2.28. The Labute approximate surface area is 95.1 Å². The maximum Gasteiger partial charge on any atom is 0.323 e. The molecule has 1 aromatic carbocycles. The second-order valence-electron chi connectivity index (χ2n) is 2.89. The molecule has 1 rings (SSSR count). The highest BCUT2D eigenvalue weighted by molar-refractivity contribution is 9.10. The fraction of sp³-hybridized carbons (Fsp3) is 0.111. The number of benzene rings is 1. The fourth-order valence-electron chi connectivity index (χ4n) is 0.974. The third-order valence-electron chi connectivity index (χ3n) is 1.79. The van der Waals surface area contributed by atoms with Crippen LogP contribution in [0.15, 0.2) is 22.7 Å². The molecule has 0 bridgehead atoms. The summed E-state index contributed by atoms with van der Waals surface area (Å²) < 4.78 is 0.816. The molecule has 0 radical (unpaired) electrons. The van der Waals surface area contributed by atoms with Gasteiger partial charge >= 0.3 is 11.8 Å². The van der Waals surface area contributed by atoms with E-state index in [-0.39, 0.29) is 0 Å². The van der Waals surface area contributed by atoms with E-state index >= 15 is 0 Å². The monoisotopic (exact) mass is 271 g/mol. The zero-order chi connectivity index (χ0) is 11.4. The van der Waals surface area contributed by atoms with Gasteiger partial charge in [0.05, 0.1) is 0 Å². The smallest absolute Gasteiger partial charge is 0.317 e. The standard InChI is InChI=1S/C9H10BrN3O2/c1-5-2-3-6(10)4-7(5)12-8(14)9(15)13-11/h2-4H,11H2,1H3,(H,12,14)(H,13,15). The molecule has 0 unspecified atom stereocenters. The lowest BCUT2D eigenvalue weighted by molar-refractivity contribution is -0.136. The second kappa shape index (κ2) is 4.90.